The van der Waals surface area contributed by atoms with Crippen LogP contribution in [-0.4, -0.2) is 23.9 Å². The van der Waals surface area contributed by atoms with Gasteiger partial charge in [0, 0.05) is 5.04 Å². The van der Waals surface area contributed by atoms with Crippen LogP contribution >= 0.6 is 0 Å². The van der Waals surface area contributed by atoms with E-state index in [1.54, 1.807) is 0 Å². The van der Waals surface area contributed by atoms with E-state index in [9.17, 15) is 0 Å². The topological polar surface area (TPSA) is 18.5 Å². The molecule has 0 saturated carbocycles. The van der Waals surface area contributed by atoms with Crippen molar-refractivity contribution < 1.29 is 8.54 Å². The minimum absolute atomic E-state index is 0.0585. The van der Waals surface area contributed by atoms with Crippen LogP contribution < -0.4 is 0 Å². The Morgan fingerprint density at radius 1 is 1.06 bits per heavy atom. The standard InChI is InChI=1S/C12H30O2Si2/c1-9-11(3,4)13-16(8,14-15-7)12(5,6)10-2/h9-10,15H2,1-8H3. The van der Waals surface area contributed by atoms with E-state index in [4.69, 9.17) is 8.54 Å². The molecule has 16 heavy (non-hydrogen) atoms. The molecule has 0 fully saturated rings. The van der Waals surface area contributed by atoms with Crippen LogP contribution in [0.3, 0.4) is 0 Å². The van der Waals surface area contributed by atoms with Crippen molar-refractivity contribution in [1.29, 1.82) is 0 Å². The average molecular weight is 263 g/mol. The maximum absolute atomic E-state index is 6.42. The Kier molecular flexibility index (Phi) is 5.93. The summed E-state index contributed by atoms with van der Waals surface area (Å²) >= 11 is 0. The highest BCUT2D eigenvalue weighted by Crippen LogP contribution is 2.43. The number of hydrogen-bond donors (Lipinski definition) is 0. The van der Waals surface area contributed by atoms with Gasteiger partial charge in [0.1, 0.15) is 9.76 Å². The highest BCUT2D eigenvalue weighted by atomic mass is 28.4. The summed E-state index contributed by atoms with van der Waals surface area (Å²) < 4.78 is 12.6. The molecule has 0 aliphatic carbocycles. The SMILES string of the molecule is CCC(C)(C)O[Si](C)(O[SiH2]C)C(C)(C)CC. The largest absolute Gasteiger partial charge is 0.441 e. The van der Waals surface area contributed by atoms with Gasteiger partial charge in [-0.3, -0.25) is 0 Å². The maximum Gasteiger partial charge on any atom is 0.330 e. The highest BCUT2D eigenvalue weighted by molar-refractivity contribution is 6.73. The summed E-state index contributed by atoms with van der Waals surface area (Å²) in [5.41, 5.74) is -0.0585. The van der Waals surface area contributed by atoms with Gasteiger partial charge < -0.3 is 8.54 Å². The molecule has 0 radical (unpaired) electrons. The van der Waals surface area contributed by atoms with E-state index in [-0.39, 0.29) is 10.6 Å². The molecule has 0 bridgehead atoms. The third-order valence-corrected chi connectivity index (χ3v) is 11.0. The smallest absolute Gasteiger partial charge is 0.330 e. The Morgan fingerprint density at radius 2 is 1.56 bits per heavy atom. The molecular weight excluding hydrogens is 232 g/mol. The van der Waals surface area contributed by atoms with Crippen molar-refractivity contribution >= 4 is 18.3 Å². The monoisotopic (exact) mass is 262 g/mol. The fourth-order valence-electron chi connectivity index (χ4n) is 1.56. The van der Waals surface area contributed by atoms with E-state index in [0.29, 0.717) is 0 Å². The first-order chi connectivity index (χ1) is 7.14. The molecule has 0 amide bonds. The molecule has 2 nitrogen and oxygen atoms in total. The molecule has 0 aliphatic rings. The van der Waals surface area contributed by atoms with Crippen molar-refractivity contribution in [2.24, 2.45) is 0 Å². The zero-order valence-electron chi connectivity index (χ0n) is 12.4. The van der Waals surface area contributed by atoms with Crippen LogP contribution in [0.25, 0.3) is 0 Å². The molecule has 4 heteroatoms. The number of hydrogen-bond acceptors (Lipinski definition) is 2. The summed E-state index contributed by atoms with van der Waals surface area (Å²) in [5.74, 6) is 0. The van der Waals surface area contributed by atoms with Gasteiger partial charge in [0.2, 0.25) is 0 Å². The van der Waals surface area contributed by atoms with Gasteiger partial charge in [-0.1, -0.05) is 34.2 Å². The zero-order valence-corrected chi connectivity index (χ0v) is 14.9. The molecule has 0 aromatic carbocycles. The lowest BCUT2D eigenvalue weighted by Crippen LogP contribution is -2.53. The molecule has 0 rings (SSSR count). The molecule has 0 spiro atoms. The van der Waals surface area contributed by atoms with Crippen LogP contribution in [0.4, 0.5) is 0 Å². The lowest BCUT2D eigenvalue weighted by molar-refractivity contribution is 0.0582. The second-order valence-corrected chi connectivity index (χ2v) is 11.0. The lowest BCUT2D eigenvalue weighted by atomic mass is 10.1. The van der Waals surface area contributed by atoms with Crippen LogP contribution in [0.15, 0.2) is 0 Å². The third kappa shape index (κ3) is 3.98. The average Bonchev–Trinajstić information content (AvgIpc) is 2.17. The van der Waals surface area contributed by atoms with E-state index in [2.05, 4.69) is 54.6 Å². The van der Waals surface area contributed by atoms with Gasteiger partial charge in [-0.05, 0) is 33.2 Å². The first-order valence-electron chi connectivity index (χ1n) is 6.48. The summed E-state index contributed by atoms with van der Waals surface area (Å²) in [6.45, 7) is 17.8. The lowest BCUT2D eigenvalue weighted by Gasteiger charge is -2.45. The van der Waals surface area contributed by atoms with Gasteiger partial charge in [-0.25, -0.2) is 0 Å². The Bertz CT molecular complexity index is 217. The summed E-state index contributed by atoms with van der Waals surface area (Å²) in [6, 6.07) is 0. The van der Waals surface area contributed by atoms with Crippen LogP contribution in [0.2, 0.25) is 18.1 Å². The predicted octanol–water partition coefficient (Wildman–Crippen LogP) is 3.60. The molecule has 1 atom stereocenters. The quantitative estimate of drug-likeness (QED) is 0.653. The van der Waals surface area contributed by atoms with Crippen molar-refractivity contribution in [2.45, 2.75) is 78.1 Å². The first kappa shape index (κ1) is 16.4. The molecule has 0 N–H and O–H groups in total. The van der Waals surface area contributed by atoms with Gasteiger partial charge in [0.05, 0.1) is 5.60 Å². The third-order valence-electron chi connectivity index (χ3n) is 3.86. The van der Waals surface area contributed by atoms with Crippen LogP contribution in [-0.2, 0) is 8.54 Å². The van der Waals surface area contributed by atoms with Gasteiger partial charge in [0.25, 0.3) is 0 Å². The van der Waals surface area contributed by atoms with E-state index >= 15 is 0 Å². The Morgan fingerprint density at radius 3 is 1.88 bits per heavy atom. The van der Waals surface area contributed by atoms with Gasteiger partial charge in [0.15, 0.2) is 0 Å². The second-order valence-electron chi connectivity index (χ2n) is 5.83. The van der Waals surface area contributed by atoms with Crippen molar-refractivity contribution in [1.82, 2.24) is 0 Å². The molecule has 0 aromatic heterocycles. The van der Waals surface area contributed by atoms with Gasteiger partial charge in [-0.2, -0.15) is 0 Å². The van der Waals surface area contributed by atoms with Crippen LogP contribution in [0, 0.1) is 0 Å². The van der Waals surface area contributed by atoms with E-state index in [1.165, 1.54) is 0 Å². The molecule has 0 aliphatic heterocycles. The highest BCUT2D eigenvalue weighted by Gasteiger charge is 2.48. The van der Waals surface area contributed by atoms with Gasteiger partial charge >= 0.3 is 8.56 Å². The fraction of sp³-hybridized carbons (Fsp3) is 1.00. The van der Waals surface area contributed by atoms with Gasteiger partial charge in [-0.15, -0.1) is 0 Å². The molecule has 0 saturated heterocycles. The Balaban J connectivity index is 4.97. The number of rotatable bonds is 7. The maximum atomic E-state index is 6.42. The second kappa shape index (κ2) is 5.80. The van der Waals surface area contributed by atoms with Crippen molar-refractivity contribution in [3.63, 3.8) is 0 Å². The summed E-state index contributed by atoms with van der Waals surface area (Å²) in [5, 5.41) is 0.183. The minimum atomic E-state index is -2.07. The van der Waals surface area contributed by atoms with Crippen LogP contribution in [0.5, 0.6) is 0 Å². The fourth-order valence-corrected chi connectivity index (χ4v) is 7.68. The molecule has 0 heterocycles. The summed E-state index contributed by atoms with van der Waals surface area (Å²) in [4.78, 5) is 0. The Hall–Kier alpha value is 0.354. The van der Waals surface area contributed by atoms with Crippen molar-refractivity contribution in [3.8, 4) is 0 Å². The molecule has 1 unspecified atom stereocenters. The molecule has 0 aromatic rings. The molecular formula is C12H30O2Si2. The van der Waals surface area contributed by atoms with Crippen molar-refractivity contribution in [3.05, 3.63) is 0 Å². The Labute approximate surface area is 105 Å². The van der Waals surface area contributed by atoms with Crippen molar-refractivity contribution in [2.75, 3.05) is 0 Å². The van der Waals surface area contributed by atoms with E-state index in [1.807, 2.05) is 0 Å². The summed E-state index contributed by atoms with van der Waals surface area (Å²) in [6.07, 6.45) is 2.15. The minimum Gasteiger partial charge on any atom is -0.441 e. The van der Waals surface area contributed by atoms with E-state index < -0.39 is 18.3 Å². The van der Waals surface area contributed by atoms with Crippen LogP contribution in [0.1, 0.15) is 54.4 Å². The van der Waals surface area contributed by atoms with E-state index in [0.717, 1.165) is 12.8 Å². The summed E-state index contributed by atoms with van der Waals surface area (Å²) in [7, 11) is -2.49. The first-order valence-corrected chi connectivity index (χ1v) is 10.8. The predicted molar refractivity (Wildman–Crippen MR) is 76.9 cm³/mol. The molecule has 98 valence electrons. The zero-order chi connectivity index (χ0) is 13.0. The normalized spacial score (nSPS) is 18.0.